The fraction of sp³-hybridized carbons (Fsp3) is 0.529. The quantitative estimate of drug-likeness (QED) is 0.903. The van der Waals surface area contributed by atoms with Gasteiger partial charge in [0, 0.05) is 5.56 Å². The summed E-state index contributed by atoms with van der Waals surface area (Å²) in [5, 5.41) is 3.62. The fourth-order valence-corrected chi connectivity index (χ4v) is 2.85. The monoisotopic (exact) mass is 289 g/mol. The van der Waals surface area contributed by atoms with Gasteiger partial charge in [-0.1, -0.05) is 19.1 Å². The zero-order chi connectivity index (χ0) is 14.5. The molecule has 4 nitrogen and oxygen atoms in total. The third kappa shape index (κ3) is 3.16. The third-order valence-electron chi connectivity index (χ3n) is 3.84. The van der Waals surface area contributed by atoms with E-state index in [0.717, 1.165) is 49.5 Å². The van der Waals surface area contributed by atoms with E-state index < -0.39 is 0 Å². The van der Waals surface area contributed by atoms with Crippen LogP contribution in [0.2, 0.25) is 0 Å². The lowest BCUT2D eigenvalue weighted by Crippen LogP contribution is -2.27. The van der Waals surface area contributed by atoms with Crippen molar-refractivity contribution in [3.8, 4) is 11.5 Å². The fourth-order valence-electron chi connectivity index (χ4n) is 2.85. The Balaban J connectivity index is 1.93. The first-order chi connectivity index (χ1) is 10.4. The first kappa shape index (κ1) is 14.3. The SMILES string of the molecule is CCCNC(C1=COCCC1)c1cccc2c1OCCO2. The van der Waals surface area contributed by atoms with Gasteiger partial charge in [0.05, 0.1) is 18.9 Å². The Morgan fingerprint density at radius 1 is 1.19 bits per heavy atom. The molecule has 1 unspecified atom stereocenters. The van der Waals surface area contributed by atoms with Gasteiger partial charge in [-0.3, -0.25) is 0 Å². The van der Waals surface area contributed by atoms with Crippen LogP contribution < -0.4 is 14.8 Å². The van der Waals surface area contributed by atoms with E-state index in [2.05, 4.69) is 18.3 Å². The maximum absolute atomic E-state index is 5.87. The van der Waals surface area contributed by atoms with Crippen molar-refractivity contribution in [1.29, 1.82) is 0 Å². The van der Waals surface area contributed by atoms with Crippen LogP contribution in [0.1, 0.15) is 37.8 Å². The van der Waals surface area contributed by atoms with Crippen LogP contribution >= 0.6 is 0 Å². The number of para-hydroxylation sites is 1. The van der Waals surface area contributed by atoms with Crippen LogP contribution in [0.5, 0.6) is 11.5 Å². The van der Waals surface area contributed by atoms with Crippen molar-refractivity contribution < 1.29 is 14.2 Å². The molecule has 0 aliphatic carbocycles. The number of ether oxygens (including phenoxy) is 3. The molecular formula is C17H23NO3. The van der Waals surface area contributed by atoms with Gasteiger partial charge in [0.2, 0.25) is 0 Å². The van der Waals surface area contributed by atoms with Gasteiger partial charge in [-0.05, 0) is 37.4 Å². The molecule has 2 aliphatic heterocycles. The summed E-state index contributed by atoms with van der Waals surface area (Å²) >= 11 is 0. The molecule has 2 heterocycles. The van der Waals surface area contributed by atoms with Crippen molar-refractivity contribution in [3.63, 3.8) is 0 Å². The van der Waals surface area contributed by atoms with E-state index in [9.17, 15) is 0 Å². The molecule has 0 bridgehead atoms. The molecule has 2 aliphatic rings. The first-order valence-corrected chi connectivity index (χ1v) is 7.82. The van der Waals surface area contributed by atoms with Crippen LogP contribution in [0.25, 0.3) is 0 Å². The average molecular weight is 289 g/mol. The second kappa shape index (κ2) is 6.85. The predicted molar refractivity (Wildman–Crippen MR) is 81.7 cm³/mol. The van der Waals surface area contributed by atoms with Gasteiger partial charge in [-0.15, -0.1) is 0 Å². The Morgan fingerprint density at radius 3 is 2.90 bits per heavy atom. The Bertz CT molecular complexity index is 513. The van der Waals surface area contributed by atoms with Crippen molar-refractivity contribution in [2.45, 2.75) is 32.2 Å². The zero-order valence-corrected chi connectivity index (χ0v) is 12.6. The lowest BCUT2D eigenvalue weighted by atomic mass is 9.94. The highest BCUT2D eigenvalue weighted by atomic mass is 16.6. The van der Waals surface area contributed by atoms with Gasteiger partial charge < -0.3 is 19.5 Å². The van der Waals surface area contributed by atoms with E-state index >= 15 is 0 Å². The Morgan fingerprint density at radius 2 is 2.10 bits per heavy atom. The van der Waals surface area contributed by atoms with E-state index in [-0.39, 0.29) is 6.04 Å². The standard InChI is InChI=1S/C17H23NO3/c1-2-8-18-16(13-5-4-9-19-12-13)14-6-3-7-15-17(14)21-11-10-20-15/h3,6-7,12,16,18H,2,4-5,8-11H2,1H3. The smallest absolute Gasteiger partial charge is 0.166 e. The van der Waals surface area contributed by atoms with Crippen molar-refractivity contribution >= 4 is 0 Å². The number of nitrogens with one attached hydrogen (secondary N) is 1. The molecule has 0 amide bonds. The molecule has 1 N–H and O–H groups in total. The molecule has 0 saturated carbocycles. The topological polar surface area (TPSA) is 39.7 Å². The van der Waals surface area contributed by atoms with Crippen molar-refractivity contribution in [3.05, 3.63) is 35.6 Å². The molecular weight excluding hydrogens is 266 g/mol. The molecule has 0 saturated heterocycles. The maximum atomic E-state index is 5.87. The molecule has 1 aromatic carbocycles. The van der Waals surface area contributed by atoms with Gasteiger partial charge in [0.25, 0.3) is 0 Å². The third-order valence-corrected chi connectivity index (χ3v) is 3.84. The van der Waals surface area contributed by atoms with Crippen molar-refractivity contribution in [2.75, 3.05) is 26.4 Å². The summed E-state index contributed by atoms with van der Waals surface area (Å²) in [6, 6.07) is 6.27. The van der Waals surface area contributed by atoms with Crippen LogP contribution in [-0.2, 0) is 4.74 Å². The molecule has 0 radical (unpaired) electrons. The summed E-state index contributed by atoms with van der Waals surface area (Å²) in [6.45, 7) is 5.19. The van der Waals surface area contributed by atoms with Gasteiger partial charge in [0.15, 0.2) is 11.5 Å². The highest BCUT2D eigenvalue weighted by molar-refractivity contribution is 5.51. The lowest BCUT2D eigenvalue weighted by molar-refractivity contribution is 0.168. The van der Waals surface area contributed by atoms with E-state index in [0.29, 0.717) is 13.2 Å². The molecule has 0 spiro atoms. The highest BCUT2D eigenvalue weighted by Gasteiger charge is 2.25. The Labute approximate surface area is 126 Å². The van der Waals surface area contributed by atoms with Crippen LogP contribution in [-0.4, -0.2) is 26.4 Å². The van der Waals surface area contributed by atoms with Crippen LogP contribution in [0.4, 0.5) is 0 Å². The largest absolute Gasteiger partial charge is 0.501 e. The van der Waals surface area contributed by atoms with Gasteiger partial charge >= 0.3 is 0 Å². The minimum atomic E-state index is 0.141. The maximum Gasteiger partial charge on any atom is 0.166 e. The minimum Gasteiger partial charge on any atom is -0.501 e. The highest BCUT2D eigenvalue weighted by Crippen LogP contribution is 2.40. The van der Waals surface area contributed by atoms with Gasteiger partial charge in [-0.25, -0.2) is 0 Å². The summed E-state index contributed by atoms with van der Waals surface area (Å²) in [5.74, 6) is 1.73. The summed E-state index contributed by atoms with van der Waals surface area (Å²) in [4.78, 5) is 0. The molecule has 3 rings (SSSR count). The summed E-state index contributed by atoms with van der Waals surface area (Å²) in [7, 11) is 0. The van der Waals surface area contributed by atoms with E-state index in [1.54, 1.807) is 0 Å². The molecule has 4 heteroatoms. The number of benzene rings is 1. The van der Waals surface area contributed by atoms with Crippen LogP contribution in [0.3, 0.4) is 0 Å². The second-order valence-corrected chi connectivity index (χ2v) is 5.43. The molecule has 1 atom stereocenters. The van der Waals surface area contributed by atoms with Gasteiger partial charge in [0.1, 0.15) is 13.2 Å². The molecule has 114 valence electrons. The first-order valence-electron chi connectivity index (χ1n) is 7.82. The minimum absolute atomic E-state index is 0.141. The average Bonchev–Trinajstić information content (AvgIpc) is 2.56. The van der Waals surface area contributed by atoms with Crippen LogP contribution in [0, 0.1) is 0 Å². The second-order valence-electron chi connectivity index (χ2n) is 5.43. The number of fused-ring (bicyclic) bond motifs is 1. The predicted octanol–water partition coefficient (Wildman–Crippen LogP) is 3.19. The van der Waals surface area contributed by atoms with E-state index in [1.807, 2.05) is 18.4 Å². The van der Waals surface area contributed by atoms with Crippen molar-refractivity contribution in [2.24, 2.45) is 0 Å². The van der Waals surface area contributed by atoms with E-state index in [1.165, 1.54) is 5.57 Å². The van der Waals surface area contributed by atoms with E-state index in [4.69, 9.17) is 14.2 Å². The summed E-state index contributed by atoms with van der Waals surface area (Å²) in [5.41, 5.74) is 2.44. The number of rotatable bonds is 5. The normalized spacial score (nSPS) is 18.6. The van der Waals surface area contributed by atoms with Gasteiger partial charge in [-0.2, -0.15) is 0 Å². The lowest BCUT2D eigenvalue weighted by Gasteiger charge is -2.28. The molecule has 1 aromatic rings. The number of hydrogen-bond donors (Lipinski definition) is 1. The summed E-state index contributed by atoms with van der Waals surface area (Å²) < 4.78 is 17.1. The molecule has 21 heavy (non-hydrogen) atoms. The number of hydrogen-bond acceptors (Lipinski definition) is 4. The zero-order valence-electron chi connectivity index (χ0n) is 12.6. The van der Waals surface area contributed by atoms with Crippen LogP contribution in [0.15, 0.2) is 30.0 Å². The van der Waals surface area contributed by atoms with Crippen molar-refractivity contribution in [1.82, 2.24) is 5.32 Å². The molecule has 0 aromatic heterocycles. The Kier molecular flexibility index (Phi) is 4.65. The molecule has 0 fully saturated rings. The Hall–Kier alpha value is -1.68. The summed E-state index contributed by atoms with van der Waals surface area (Å²) in [6.07, 6.45) is 5.14.